The van der Waals surface area contributed by atoms with Crippen molar-refractivity contribution in [3.05, 3.63) is 11.6 Å². The number of nitrogens with zero attached hydrogens (tertiary/aromatic N) is 2. The smallest absolute Gasteiger partial charge is 0.306 e. The molecule has 0 aliphatic carbocycles. The van der Waals surface area contributed by atoms with Gasteiger partial charge < -0.3 is 15.2 Å². The summed E-state index contributed by atoms with van der Waals surface area (Å²) in [7, 11) is 1.39. The number of hydrogen-bond acceptors (Lipinski definition) is 5. The van der Waals surface area contributed by atoms with Gasteiger partial charge in [0, 0.05) is 19.6 Å². The van der Waals surface area contributed by atoms with Gasteiger partial charge in [-0.2, -0.15) is 0 Å². The Balaban J connectivity index is 2.51. The second kappa shape index (κ2) is 6.83. The minimum atomic E-state index is -0.985. The Labute approximate surface area is 110 Å². The van der Waals surface area contributed by atoms with E-state index >= 15 is 0 Å². The van der Waals surface area contributed by atoms with Crippen molar-refractivity contribution >= 4 is 11.9 Å². The van der Waals surface area contributed by atoms with E-state index in [0.717, 1.165) is 0 Å². The van der Waals surface area contributed by atoms with Gasteiger partial charge in [0.1, 0.15) is 5.82 Å². The fourth-order valence-electron chi connectivity index (χ4n) is 1.35. The summed E-state index contributed by atoms with van der Waals surface area (Å²) in [6, 6.07) is 0. The van der Waals surface area contributed by atoms with Gasteiger partial charge in [-0.05, 0) is 0 Å². The first-order chi connectivity index (χ1) is 8.93. The maximum absolute atomic E-state index is 11.7. The van der Waals surface area contributed by atoms with E-state index in [9.17, 15) is 9.59 Å². The van der Waals surface area contributed by atoms with Crippen LogP contribution >= 0.6 is 0 Å². The Morgan fingerprint density at radius 3 is 2.63 bits per heavy atom. The molecule has 8 nitrogen and oxygen atoms in total. The van der Waals surface area contributed by atoms with Crippen molar-refractivity contribution in [1.82, 2.24) is 20.5 Å². The highest BCUT2D eigenvalue weighted by molar-refractivity contribution is 5.90. The van der Waals surface area contributed by atoms with E-state index in [0.29, 0.717) is 5.82 Å². The van der Waals surface area contributed by atoms with Gasteiger partial charge in [0.15, 0.2) is 0 Å². The summed E-state index contributed by atoms with van der Waals surface area (Å²) in [5.74, 6) is -0.641. The van der Waals surface area contributed by atoms with Crippen LogP contribution in [0.3, 0.4) is 0 Å². The zero-order valence-corrected chi connectivity index (χ0v) is 11.1. The number of hydrogen-bond donors (Lipinski definition) is 3. The zero-order chi connectivity index (χ0) is 14.4. The van der Waals surface area contributed by atoms with Crippen LogP contribution in [0.1, 0.15) is 42.6 Å². The third-order valence-corrected chi connectivity index (χ3v) is 2.48. The number of methoxy groups -OCH3 is 1. The van der Waals surface area contributed by atoms with Gasteiger partial charge in [0.25, 0.3) is 5.91 Å². The van der Waals surface area contributed by atoms with E-state index < -0.39 is 18.0 Å². The van der Waals surface area contributed by atoms with Crippen LogP contribution in [-0.2, 0) is 9.53 Å². The number of carbonyl (C=O) groups is 2. The second-order valence-corrected chi connectivity index (χ2v) is 4.36. The summed E-state index contributed by atoms with van der Waals surface area (Å²) in [5, 5.41) is 17.6. The molecule has 0 saturated heterocycles. The standard InChI is InChI=1S/C11H18N4O4/c1-6(2)9-13-10(15-14-9)11(18)12-5-7(19-3)4-8(16)17/h6-7H,4-5H2,1-3H3,(H,12,18)(H,16,17)(H,13,14,15). The number of carboxylic acids is 1. The maximum Gasteiger partial charge on any atom is 0.306 e. The largest absolute Gasteiger partial charge is 0.481 e. The number of carboxylic acid groups (broad SMARTS) is 1. The normalized spacial score (nSPS) is 12.4. The first-order valence-electron chi connectivity index (χ1n) is 5.89. The Morgan fingerprint density at radius 1 is 1.47 bits per heavy atom. The van der Waals surface area contributed by atoms with Crippen molar-refractivity contribution in [2.45, 2.75) is 32.3 Å². The SMILES string of the molecule is COC(CNC(=O)c1n[nH]c(C(C)C)n1)CC(=O)O. The van der Waals surface area contributed by atoms with E-state index in [1.807, 2.05) is 13.8 Å². The summed E-state index contributed by atoms with van der Waals surface area (Å²) in [4.78, 5) is 26.3. The third-order valence-electron chi connectivity index (χ3n) is 2.48. The molecule has 1 atom stereocenters. The molecule has 0 fully saturated rings. The number of ether oxygens (including phenoxy) is 1. The first-order valence-corrected chi connectivity index (χ1v) is 5.89. The molecule has 0 spiro atoms. The predicted molar refractivity (Wildman–Crippen MR) is 65.9 cm³/mol. The maximum atomic E-state index is 11.7. The van der Waals surface area contributed by atoms with Crippen molar-refractivity contribution in [2.24, 2.45) is 0 Å². The summed E-state index contributed by atoms with van der Waals surface area (Å²) < 4.78 is 4.95. The van der Waals surface area contributed by atoms with Gasteiger partial charge in [-0.3, -0.25) is 14.7 Å². The summed E-state index contributed by atoms with van der Waals surface area (Å²) >= 11 is 0. The van der Waals surface area contributed by atoms with Crippen molar-refractivity contribution < 1.29 is 19.4 Å². The number of aromatic nitrogens is 3. The average Bonchev–Trinajstić information content (AvgIpc) is 2.83. The average molecular weight is 270 g/mol. The van der Waals surface area contributed by atoms with Gasteiger partial charge in [0.05, 0.1) is 12.5 Å². The molecular formula is C11H18N4O4. The lowest BCUT2D eigenvalue weighted by Crippen LogP contribution is -2.35. The van der Waals surface area contributed by atoms with Crippen LogP contribution in [-0.4, -0.2) is 51.9 Å². The van der Waals surface area contributed by atoms with Crippen LogP contribution in [0.15, 0.2) is 0 Å². The Hall–Kier alpha value is -1.96. The number of rotatable bonds is 7. The van der Waals surface area contributed by atoms with Gasteiger partial charge in [-0.15, -0.1) is 5.10 Å². The second-order valence-electron chi connectivity index (χ2n) is 4.36. The summed E-state index contributed by atoms with van der Waals surface area (Å²) in [6.07, 6.45) is -0.757. The van der Waals surface area contributed by atoms with Gasteiger partial charge in [-0.1, -0.05) is 13.8 Å². The fourth-order valence-corrected chi connectivity index (χ4v) is 1.35. The van der Waals surface area contributed by atoms with Crippen LogP contribution in [0.4, 0.5) is 0 Å². The number of H-pyrrole nitrogens is 1. The summed E-state index contributed by atoms with van der Waals surface area (Å²) in [6.45, 7) is 3.94. The molecular weight excluding hydrogens is 252 g/mol. The fraction of sp³-hybridized carbons (Fsp3) is 0.636. The molecule has 3 N–H and O–H groups in total. The van der Waals surface area contributed by atoms with E-state index in [2.05, 4.69) is 20.5 Å². The summed E-state index contributed by atoms with van der Waals surface area (Å²) in [5.41, 5.74) is 0. The molecule has 0 aliphatic rings. The van der Waals surface area contributed by atoms with Crippen molar-refractivity contribution in [1.29, 1.82) is 0 Å². The highest BCUT2D eigenvalue weighted by atomic mass is 16.5. The van der Waals surface area contributed by atoms with E-state index in [-0.39, 0.29) is 24.7 Å². The molecule has 1 aromatic rings. The monoisotopic (exact) mass is 270 g/mol. The molecule has 0 bridgehead atoms. The number of aliphatic carboxylic acids is 1. The van der Waals surface area contributed by atoms with Gasteiger partial charge >= 0.3 is 5.97 Å². The van der Waals surface area contributed by atoms with Crippen LogP contribution in [0.5, 0.6) is 0 Å². The predicted octanol–water partition coefficient (Wildman–Crippen LogP) is 0.148. The molecule has 1 rings (SSSR count). The molecule has 1 unspecified atom stereocenters. The van der Waals surface area contributed by atoms with E-state index in [1.54, 1.807) is 0 Å². The first kappa shape index (κ1) is 15.1. The lowest BCUT2D eigenvalue weighted by Gasteiger charge is -2.12. The van der Waals surface area contributed by atoms with Gasteiger partial charge in [-0.25, -0.2) is 4.98 Å². The molecule has 8 heteroatoms. The number of carbonyl (C=O) groups excluding carboxylic acids is 1. The van der Waals surface area contributed by atoms with Crippen molar-refractivity contribution in [2.75, 3.05) is 13.7 Å². The van der Waals surface area contributed by atoms with Crippen LogP contribution < -0.4 is 5.32 Å². The molecule has 1 heterocycles. The Kier molecular flexibility index (Phi) is 5.43. The minimum absolute atomic E-state index is 0.0360. The number of nitrogens with one attached hydrogen (secondary N) is 2. The molecule has 0 aliphatic heterocycles. The highest BCUT2D eigenvalue weighted by Crippen LogP contribution is 2.07. The third kappa shape index (κ3) is 4.66. The molecule has 106 valence electrons. The van der Waals surface area contributed by atoms with E-state index in [4.69, 9.17) is 9.84 Å². The molecule has 19 heavy (non-hydrogen) atoms. The number of aromatic amines is 1. The van der Waals surface area contributed by atoms with E-state index in [1.165, 1.54) is 7.11 Å². The lowest BCUT2D eigenvalue weighted by atomic mass is 10.2. The number of amides is 1. The topological polar surface area (TPSA) is 117 Å². The molecule has 0 aromatic carbocycles. The quantitative estimate of drug-likeness (QED) is 0.649. The molecule has 1 amide bonds. The lowest BCUT2D eigenvalue weighted by molar-refractivity contribution is -0.139. The molecule has 1 aromatic heterocycles. The van der Waals surface area contributed by atoms with Crippen molar-refractivity contribution in [3.63, 3.8) is 0 Å². The highest BCUT2D eigenvalue weighted by Gasteiger charge is 2.17. The molecule has 0 saturated carbocycles. The van der Waals surface area contributed by atoms with Crippen molar-refractivity contribution in [3.8, 4) is 0 Å². The Bertz CT molecular complexity index is 444. The minimum Gasteiger partial charge on any atom is -0.481 e. The Morgan fingerprint density at radius 2 is 2.16 bits per heavy atom. The van der Waals surface area contributed by atoms with Crippen LogP contribution in [0.25, 0.3) is 0 Å². The zero-order valence-electron chi connectivity index (χ0n) is 11.1. The van der Waals surface area contributed by atoms with Gasteiger partial charge in [0.2, 0.25) is 5.82 Å². The van der Waals surface area contributed by atoms with Crippen LogP contribution in [0.2, 0.25) is 0 Å². The molecule has 0 radical (unpaired) electrons. The van der Waals surface area contributed by atoms with Crippen LogP contribution in [0, 0.1) is 0 Å².